The number of carbonyl (C=O) groups excluding carboxylic acids is 2. The van der Waals surface area contributed by atoms with Crippen LogP contribution in [0, 0.1) is 0 Å². The molecule has 1 aliphatic heterocycles. The van der Waals surface area contributed by atoms with Crippen molar-refractivity contribution in [3.63, 3.8) is 0 Å². The third-order valence-corrected chi connectivity index (χ3v) is 3.67. The van der Waals surface area contributed by atoms with Crippen LogP contribution in [0.25, 0.3) is 0 Å². The van der Waals surface area contributed by atoms with Crippen molar-refractivity contribution in [1.82, 2.24) is 10.2 Å². The molecule has 1 saturated heterocycles. The summed E-state index contributed by atoms with van der Waals surface area (Å²) in [5.74, 6) is -0.255. The summed E-state index contributed by atoms with van der Waals surface area (Å²) >= 11 is 0. The van der Waals surface area contributed by atoms with E-state index in [1.54, 1.807) is 19.2 Å². The first kappa shape index (κ1) is 14.5. The van der Waals surface area contributed by atoms with Crippen molar-refractivity contribution in [3.8, 4) is 0 Å². The van der Waals surface area contributed by atoms with Gasteiger partial charge < -0.3 is 10.1 Å². The molecular formula is C15H20N2O3. The molecule has 1 amide bonds. The van der Waals surface area contributed by atoms with Gasteiger partial charge in [-0.2, -0.15) is 0 Å². The summed E-state index contributed by atoms with van der Waals surface area (Å²) in [6, 6.07) is 7.29. The van der Waals surface area contributed by atoms with Gasteiger partial charge in [0, 0.05) is 13.6 Å². The number of likely N-dealkylation sites (tertiary alicyclic amines) is 1. The molecule has 1 unspecified atom stereocenters. The van der Waals surface area contributed by atoms with E-state index in [9.17, 15) is 9.59 Å². The number of nitrogens with zero attached hydrogens (tertiary/aromatic N) is 1. The van der Waals surface area contributed by atoms with E-state index in [1.807, 2.05) is 12.1 Å². The molecule has 0 spiro atoms. The highest BCUT2D eigenvalue weighted by atomic mass is 16.5. The van der Waals surface area contributed by atoms with Gasteiger partial charge in [0.05, 0.1) is 18.7 Å². The molecule has 5 nitrogen and oxygen atoms in total. The van der Waals surface area contributed by atoms with Crippen LogP contribution in [0.5, 0.6) is 0 Å². The van der Waals surface area contributed by atoms with Gasteiger partial charge in [-0.15, -0.1) is 0 Å². The Morgan fingerprint density at radius 2 is 2.05 bits per heavy atom. The van der Waals surface area contributed by atoms with Crippen LogP contribution in [0.2, 0.25) is 0 Å². The molecule has 0 bridgehead atoms. The first-order valence-electron chi connectivity index (χ1n) is 6.78. The quantitative estimate of drug-likeness (QED) is 0.839. The highest BCUT2D eigenvalue weighted by molar-refractivity contribution is 5.89. The highest BCUT2D eigenvalue weighted by Crippen LogP contribution is 2.20. The van der Waals surface area contributed by atoms with E-state index in [4.69, 9.17) is 0 Å². The maximum atomic E-state index is 11.8. The number of hydrogen-bond donors (Lipinski definition) is 1. The first-order valence-corrected chi connectivity index (χ1v) is 6.78. The number of hydrogen-bond acceptors (Lipinski definition) is 4. The van der Waals surface area contributed by atoms with Gasteiger partial charge in [0.25, 0.3) is 0 Å². The van der Waals surface area contributed by atoms with Crippen molar-refractivity contribution in [2.75, 3.05) is 20.7 Å². The summed E-state index contributed by atoms with van der Waals surface area (Å²) in [5, 5.41) is 2.71. The van der Waals surface area contributed by atoms with Crippen molar-refractivity contribution >= 4 is 11.9 Å². The van der Waals surface area contributed by atoms with Gasteiger partial charge in [0.15, 0.2) is 0 Å². The van der Waals surface area contributed by atoms with E-state index < -0.39 is 0 Å². The number of methoxy groups -OCH3 is 1. The van der Waals surface area contributed by atoms with Crippen LogP contribution >= 0.6 is 0 Å². The summed E-state index contributed by atoms with van der Waals surface area (Å²) < 4.78 is 4.67. The molecule has 0 aromatic heterocycles. The molecule has 1 atom stereocenters. The molecule has 1 fully saturated rings. The molecule has 0 radical (unpaired) electrons. The summed E-state index contributed by atoms with van der Waals surface area (Å²) in [5.41, 5.74) is 1.63. The SMILES string of the molecule is CNC(=O)C1CCCN1Cc1ccc(C(=O)OC)cc1. The van der Waals surface area contributed by atoms with Crippen LogP contribution in [0.4, 0.5) is 0 Å². The Balaban J connectivity index is 2.02. The second-order valence-corrected chi connectivity index (χ2v) is 4.93. The predicted molar refractivity (Wildman–Crippen MR) is 75.3 cm³/mol. The molecule has 20 heavy (non-hydrogen) atoms. The zero-order valence-electron chi connectivity index (χ0n) is 11.9. The molecule has 0 saturated carbocycles. The first-order chi connectivity index (χ1) is 9.65. The molecule has 1 N–H and O–H groups in total. The third-order valence-electron chi connectivity index (χ3n) is 3.67. The van der Waals surface area contributed by atoms with E-state index in [2.05, 4.69) is 15.0 Å². The Kier molecular flexibility index (Phi) is 4.74. The summed E-state index contributed by atoms with van der Waals surface area (Å²) in [6.07, 6.45) is 1.94. The van der Waals surface area contributed by atoms with Crippen LogP contribution in [0.3, 0.4) is 0 Å². The molecule has 0 aliphatic carbocycles. The lowest BCUT2D eigenvalue weighted by atomic mass is 10.1. The van der Waals surface area contributed by atoms with Gasteiger partial charge in [-0.1, -0.05) is 12.1 Å². The summed E-state index contributed by atoms with van der Waals surface area (Å²) in [4.78, 5) is 25.3. The van der Waals surface area contributed by atoms with E-state index in [-0.39, 0.29) is 17.9 Å². The number of carbonyl (C=O) groups is 2. The second kappa shape index (κ2) is 6.52. The number of likely N-dealkylation sites (N-methyl/N-ethyl adjacent to an activating group) is 1. The molecule has 108 valence electrons. The van der Waals surface area contributed by atoms with Gasteiger partial charge in [-0.05, 0) is 37.1 Å². The number of esters is 1. The normalized spacial score (nSPS) is 18.8. The van der Waals surface area contributed by atoms with Crippen LogP contribution < -0.4 is 5.32 Å². The van der Waals surface area contributed by atoms with Crippen LogP contribution in [0.1, 0.15) is 28.8 Å². The minimum Gasteiger partial charge on any atom is -0.465 e. The number of benzene rings is 1. The fourth-order valence-corrected chi connectivity index (χ4v) is 2.58. The topological polar surface area (TPSA) is 58.6 Å². The summed E-state index contributed by atoms with van der Waals surface area (Å²) in [6.45, 7) is 1.65. The standard InChI is InChI=1S/C15H20N2O3/c1-16-14(18)13-4-3-9-17(13)10-11-5-7-12(8-6-11)15(19)20-2/h5-8,13H,3-4,9-10H2,1-2H3,(H,16,18). The fraction of sp³-hybridized carbons (Fsp3) is 0.467. The number of amides is 1. The van der Waals surface area contributed by atoms with Crippen LogP contribution in [0.15, 0.2) is 24.3 Å². The lowest BCUT2D eigenvalue weighted by Gasteiger charge is -2.23. The van der Waals surface area contributed by atoms with Crippen molar-refractivity contribution in [2.24, 2.45) is 0 Å². The Hall–Kier alpha value is -1.88. The Morgan fingerprint density at radius 3 is 2.65 bits per heavy atom. The fourth-order valence-electron chi connectivity index (χ4n) is 2.58. The number of rotatable bonds is 4. The second-order valence-electron chi connectivity index (χ2n) is 4.93. The average Bonchev–Trinajstić information content (AvgIpc) is 2.94. The van der Waals surface area contributed by atoms with Crippen molar-refractivity contribution in [2.45, 2.75) is 25.4 Å². The molecule has 1 aromatic rings. The van der Waals surface area contributed by atoms with E-state index in [1.165, 1.54) is 7.11 Å². The smallest absolute Gasteiger partial charge is 0.337 e. The summed E-state index contributed by atoms with van der Waals surface area (Å²) in [7, 11) is 3.04. The predicted octanol–water partition coefficient (Wildman–Crippen LogP) is 1.18. The third kappa shape index (κ3) is 3.17. The maximum Gasteiger partial charge on any atom is 0.337 e. The van der Waals surface area contributed by atoms with Crippen LogP contribution in [-0.2, 0) is 16.1 Å². The minimum absolute atomic E-state index is 0.0414. The number of nitrogens with one attached hydrogen (secondary N) is 1. The van der Waals surface area contributed by atoms with Gasteiger partial charge in [-0.25, -0.2) is 4.79 Å². The molecular weight excluding hydrogens is 256 g/mol. The van der Waals surface area contributed by atoms with Gasteiger partial charge in [-0.3, -0.25) is 9.69 Å². The molecule has 1 heterocycles. The molecule has 1 aromatic carbocycles. The van der Waals surface area contributed by atoms with Gasteiger partial charge in [0.2, 0.25) is 5.91 Å². The lowest BCUT2D eigenvalue weighted by molar-refractivity contribution is -0.125. The van der Waals surface area contributed by atoms with Crippen molar-refractivity contribution in [1.29, 1.82) is 0 Å². The Labute approximate surface area is 118 Å². The van der Waals surface area contributed by atoms with Gasteiger partial charge >= 0.3 is 5.97 Å². The van der Waals surface area contributed by atoms with E-state index >= 15 is 0 Å². The van der Waals surface area contributed by atoms with E-state index in [0.717, 1.165) is 31.5 Å². The molecule has 1 aliphatic rings. The van der Waals surface area contributed by atoms with E-state index in [0.29, 0.717) is 5.56 Å². The molecule has 5 heteroatoms. The Morgan fingerprint density at radius 1 is 1.35 bits per heavy atom. The number of ether oxygens (including phenoxy) is 1. The average molecular weight is 276 g/mol. The minimum atomic E-state index is -0.332. The highest BCUT2D eigenvalue weighted by Gasteiger charge is 2.29. The largest absolute Gasteiger partial charge is 0.465 e. The van der Waals surface area contributed by atoms with Crippen molar-refractivity contribution < 1.29 is 14.3 Å². The maximum absolute atomic E-state index is 11.8. The van der Waals surface area contributed by atoms with Crippen LogP contribution in [-0.4, -0.2) is 43.5 Å². The lowest BCUT2D eigenvalue weighted by Crippen LogP contribution is -2.41. The van der Waals surface area contributed by atoms with Gasteiger partial charge in [0.1, 0.15) is 0 Å². The Bertz CT molecular complexity index is 484. The van der Waals surface area contributed by atoms with Crippen molar-refractivity contribution in [3.05, 3.63) is 35.4 Å². The zero-order chi connectivity index (χ0) is 14.5. The monoisotopic (exact) mass is 276 g/mol. The zero-order valence-corrected chi connectivity index (χ0v) is 11.9. The molecule has 2 rings (SSSR count).